The highest BCUT2D eigenvalue weighted by Gasteiger charge is 2.31. The third-order valence-electron chi connectivity index (χ3n) is 3.76. The van der Waals surface area contributed by atoms with Gasteiger partial charge >= 0.3 is 6.18 Å². The van der Waals surface area contributed by atoms with Crippen molar-refractivity contribution in [2.75, 3.05) is 0 Å². The molecule has 0 saturated carbocycles. The van der Waals surface area contributed by atoms with Crippen LogP contribution in [0.4, 0.5) is 13.2 Å². The first-order chi connectivity index (χ1) is 11.5. The van der Waals surface area contributed by atoms with E-state index >= 15 is 0 Å². The van der Waals surface area contributed by atoms with Crippen LogP contribution in [-0.4, -0.2) is 8.42 Å². The van der Waals surface area contributed by atoms with Gasteiger partial charge in [-0.15, -0.1) is 12.4 Å². The van der Waals surface area contributed by atoms with E-state index in [1.807, 2.05) is 6.92 Å². The number of aryl methyl sites for hydroxylation is 1. The Balaban J connectivity index is 0.00000338. The van der Waals surface area contributed by atoms with Crippen molar-refractivity contribution in [1.82, 2.24) is 4.72 Å². The highest BCUT2D eigenvalue weighted by molar-refractivity contribution is 7.89. The first-order valence-corrected chi connectivity index (χ1v) is 9.01. The fourth-order valence-corrected chi connectivity index (χ4v) is 3.56. The minimum atomic E-state index is -4.51. The molecule has 1 atom stereocenters. The van der Waals surface area contributed by atoms with Gasteiger partial charge in [-0.1, -0.05) is 24.3 Å². The van der Waals surface area contributed by atoms with Gasteiger partial charge in [0.25, 0.3) is 0 Å². The van der Waals surface area contributed by atoms with E-state index in [0.717, 1.165) is 29.3 Å². The van der Waals surface area contributed by atoms with Crippen LogP contribution < -0.4 is 10.5 Å². The number of nitrogens with two attached hydrogens (primary N) is 1. The second kappa shape index (κ2) is 8.39. The van der Waals surface area contributed by atoms with Crippen molar-refractivity contribution in [3.8, 4) is 0 Å². The fraction of sp³-hybridized carbons (Fsp3) is 0.294. The number of hydrogen-bond donors (Lipinski definition) is 2. The van der Waals surface area contributed by atoms with Crippen LogP contribution in [0.25, 0.3) is 0 Å². The average molecular weight is 409 g/mol. The van der Waals surface area contributed by atoms with E-state index < -0.39 is 21.8 Å². The summed E-state index contributed by atoms with van der Waals surface area (Å²) in [6.07, 6.45) is -4.51. The number of benzene rings is 2. The van der Waals surface area contributed by atoms with Gasteiger partial charge in [0.05, 0.1) is 10.5 Å². The Bertz CT molecular complexity index is 851. The molecule has 0 saturated heterocycles. The van der Waals surface area contributed by atoms with E-state index in [2.05, 4.69) is 4.72 Å². The molecule has 1 unspecified atom stereocenters. The molecule has 26 heavy (non-hydrogen) atoms. The Labute approximate surface area is 157 Å². The molecule has 144 valence electrons. The molecule has 0 spiro atoms. The van der Waals surface area contributed by atoms with Gasteiger partial charge in [0.2, 0.25) is 10.0 Å². The van der Waals surface area contributed by atoms with Gasteiger partial charge in [-0.3, -0.25) is 0 Å². The maximum absolute atomic E-state index is 12.7. The molecule has 0 aliphatic carbocycles. The summed E-state index contributed by atoms with van der Waals surface area (Å²) >= 11 is 0. The topological polar surface area (TPSA) is 72.2 Å². The Morgan fingerprint density at radius 2 is 1.69 bits per heavy atom. The van der Waals surface area contributed by atoms with Crippen molar-refractivity contribution in [2.45, 2.75) is 37.5 Å². The van der Waals surface area contributed by atoms with E-state index in [0.29, 0.717) is 0 Å². The van der Waals surface area contributed by atoms with Gasteiger partial charge in [-0.2, -0.15) is 13.2 Å². The maximum Gasteiger partial charge on any atom is 0.416 e. The lowest BCUT2D eigenvalue weighted by Gasteiger charge is -2.13. The summed E-state index contributed by atoms with van der Waals surface area (Å²) in [5.41, 5.74) is 6.55. The Morgan fingerprint density at radius 1 is 1.12 bits per heavy atom. The first kappa shape index (κ1) is 22.4. The number of nitrogens with one attached hydrogen (secondary N) is 1. The quantitative estimate of drug-likeness (QED) is 0.787. The average Bonchev–Trinajstić information content (AvgIpc) is 2.52. The molecule has 0 bridgehead atoms. The molecule has 0 radical (unpaired) electrons. The van der Waals surface area contributed by atoms with Crippen LogP contribution in [0.2, 0.25) is 0 Å². The van der Waals surface area contributed by atoms with Crippen LogP contribution >= 0.6 is 12.4 Å². The highest BCUT2D eigenvalue weighted by atomic mass is 35.5. The molecular formula is C17H20ClF3N2O2S. The Kier molecular flexibility index (Phi) is 7.24. The molecule has 0 heterocycles. The second-order valence-corrected chi connectivity index (χ2v) is 7.57. The lowest BCUT2D eigenvalue weighted by molar-refractivity contribution is -0.137. The van der Waals surface area contributed by atoms with Crippen molar-refractivity contribution in [1.29, 1.82) is 0 Å². The largest absolute Gasteiger partial charge is 0.416 e. The van der Waals surface area contributed by atoms with Gasteiger partial charge in [0.1, 0.15) is 0 Å². The molecule has 9 heteroatoms. The smallest absolute Gasteiger partial charge is 0.324 e. The van der Waals surface area contributed by atoms with Gasteiger partial charge in [-0.25, -0.2) is 13.1 Å². The fourth-order valence-electron chi connectivity index (χ4n) is 2.32. The third-order valence-corrected chi connectivity index (χ3v) is 5.33. The number of halogens is 4. The van der Waals surface area contributed by atoms with E-state index in [4.69, 9.17) is 5.73 Å². The van der Waals surface area contributed by atoms with Crippen molar-refractivity contribution >= 4 is 22.4 Å². The monoisotopic (exact) mass is 408 g/mol. The minimum Gasteiger partial charge on any atom is -0.324 e. The molecule has 4 nitrogen and oxygen atoms in total. The lowest BCUT2D eigenvalue weighted by atomic mass is 10.1. The summed E-state index contributed by atoms with van der Waals surface area (Å²) in [5.74, 6) is 0. The SMILES string of the molecule is Cc1cc(C(F)(F)F)ccc1S(=O)(=O)NCc1ccc(C(C)N)cc1.Cl. The Hall–Kier alpha value is -1.61. The van der Waals surface area contributed by atoms with Crippen LogP contribution in [0.5, 0.6) is 0 Å². The minimum absolute atomic E-state index is 0. The van der Waals surface area contributed by atoms with E-state index in [-0.39, 0.29) is 35.5 Å². The second-order valence-electron chi connectivity index (χ2n) is 5.83. The van der Waals surface area contributed by atoms with Crippen molar-refractivity contribution < 1.29 is 21.6 Å². The van der Waals surface area contributed by atoms with Crippen LogP contribution in [-0.2, 0) is 22.7 Å². The zero-order valence-electron chi connectivity index (χ0n) is 14.2. The van der Waals surface area contributed by atoms with Gasteiger partial charge in [-0.05, 0) is 48.7 Å². The molecule has 2 rings (SSSR count). The van der Waals surface area contributed by atoms with E-state index in [9.17, 15) is 21.6 Å². The molecule has 0 fully saturated rings. The van der Waals surface area contributed by atoms with Crippen LogP contribution in [0, 0.1) is 6.92 Å². The molecule has 0 aliphatic heterocycles. The molecule has 0 amide bonds. The van der Waals surface area contributed by atoms with Gasteiger partial charge in [0.15, 0.2) is 0 Å². The predicted molar refractivity (Wildman–Crippen MR) is 96.5 cm³/mol. The van der Waals surface area contributed by atoms with Crippen molar-refractivity contribution in [2.24, 2.45) is 5.73 Å². The summed E-state index contributed by atoms with van der Waals surface area (Å²) in [5, 5.41) is 0. The predicted octanol–water partition coefficient (Wildman–Crippen LogP) is 3.93. The van der Waals surface area contributed by atoms with Crippen molar-refractivity contribution in [3.05, 3.63) is 64.7 Å². The summed E-state index contributed by atoms with van der Waals surface area (Å²) < 4.78 is 65.1. The number of rotatable bonds is 5. The third kappa shape index (κ3) is 5.44. The van der Waals surface area contributed by atoms with Crippen LogP contribution in [0.3, 0.4) is 0 Å². The van der Waals surface area contributed by atoms with E-state index in [1.54, 1.807) is 24.3 Å². The zero-order valence-corrected chi connectivity index (χ0v) is 15.8. The summed E-state index contributed by atoms with van der Waals surface area (Å²) in [6, 6.07) is 9.54. The molecular weight excluding hydrogens is 389 g/mol. The standard InChI is InChI=1S/C17H19F3N2O2S.ClH/c1-11-9-15(17(18,19)20)7-8-16(11)25(23,24)22-10-13-3-5-14(6-4-13)12(2)21;/h3-9,12,22H,10,21H2,1-2H3;1H. The first-order valence-electron chi connectivity index (χ1n) is 7.52. The normalized spacial score (nSPS) is 13.2. The summed E-state index contributed by atoms with van der Waals surface area (Å²) in [7, 11) is -3.92. The van der Waals surface area contributed by atoms with Crippen molar-refractivity contribution in [3.63, 3.8) is 0 Å². The highest BCUT2D eigenvalue weighted by Crippen LogP contribution is 2.31. The number of alkyl halides is 3. The molecule has 2 aromatic rings. The van der Waals surface area contributed by atoms with Gasteiger partial charge in [0, 0.05) is 12.6 Å². The van der Waals surface area contributed by atoms with Gasteiger partial charge < -0.3 is 5.73 Å². The number of sulfonamides is 1. The maximum atomic E-state index is 12.7. The molecule has 2 aromatic carbocycles. The zero-order chi connectivity index (χ0) is 18.8. The molecule has 3 N–H and O–H groups in total. The molecule has 0 aliphatic rings. The van der Waals surface area contributed by atoms with Crippen LogP contribution in [0.15, 0.2) is 47.4 Å². The summed E-state index contributed by atoms with van der Waals surface area (Å²) in [4.78, 5) is -0.173. The van der Waals surface area contributed by atoms with Crippen LogP contribution in [0.1, 0.15) is 35.2 Å². The molecule has 0 aromatic heterocycles. The summed E-state index contributed by atoms with van der Waals surface area (Å²) in [6.45, 7) is 3.20. The van der Waals surface area contributed by atoms with E-state index in [1.165, 1.54) is 6.92 Å². The number of hydrogen-bond acceptors (Lipinski definition) is 3. The lowest BCUT2D eigenvalue weighted by Crippen LogP contribution is -2.24. The Morgan fingerprint density at radius 3 is 2.15 bits per heavy atom.